The van der Waals surface area contributed by atoms with Crippen molar-refractivity contribution in [1.82, 2.24) is 4.90 Å². The zero-order chi connectivity index (χ0) is 11.6. The molecule has 0 spiro atoms. The molecule has 0 aromatic rings. The number of carbonyl (C=O) groups excluding carboxylic acids is 1. The summed E-state index contributed by atoms with van der Waals surface area (Å²) in [7, 11) is 1.70. The molecule has 1 aliphatic heterocycles. The van der Waals surface area contributed by atoms with Crippen LogP contribution in [-0.4, -0.2) is 47.2 Å². The average molecular weight is 215 g/mol. The van der Waals surface area contributed by atoms with E-state index in [1.54, 1.807) is 11.9 Å². The second kappa shape index (κ2) is 4.61. The number of ether oxygens (including phenoxy) is 1. The SMILES string of the molecule is CC(C)N(C)C(=O)C1CCC(C(=O)O)O1. The molecule has 1 fully saturated rings. The number of aliphatic carboxylic acids is 1. The molecule has 0 radical (unpaired) electrons. The Kier molecular flexibility index (Phi) is 3.68. The number of carbonyl (C=O) groups is 2. The highest BCUT2D eigenvalue weighted by atomic mass is 16.5. The van der Waals surface area contributed by atoms with Gasteiger partial charge in [-0.15, -0.1) is 0 Å². The Hall–Kier alpha value is -1.10. The van der Waals surface area contributed by atoms with Gasteiger partial charge in [0.1, 0.15) is 6.10 Å². The fourth-order valence-corrected chi connectivity index (χ4v) is 1.48. The van der Waals surface area contributed by atoms with Crippen molar-refractivity contribution in [2.24, 2.45) is 0 Å². The molecule has 1 rings (SSSR count). The monoisotopic (exact) mass is 215 g/mol. The lowest BCUT2D eigenvalue weighted by Gasteiger charge is -2.24. The van der Waals surface area contributed by atoms with Crippen LogP contribution in [0.5, 0.6) is 0 Å². The van der Waals surface area contributed by atoms with Gasteiger partial charge in [0.25, 0.3) is 5.91 Å². The van der Waals surface area contributed by atoms with Crippen LogP contribution in [0.2, 0.25) is 0 Å². The highest BCUT2D eigenvalue weighted by molar-refractivity contribution is 5.82. The van der Waals surface area contributed by atoms with Crippen LogP contribution in [-0.2, 0) is 14.3 Å². The van der Waals surface area contributed by atoms with Gasteiger partial charge in [-0.1, -0.05) is 0 Å². The first-order valence-electron chi connectivity index (χ1n) is 5.08. The molecule has 1 saturated heterocycles. The average Bonchev–Trinajstić information content (AvgIpc) is 2.64. The number of amides is 1. The van der Waals surface area contributed by atoms with Gasteiger partial charge in [0.05, 0.1) is 0 Å². The van der Waals surface area contributed by atoms with E-state index in [4.69, 9.17) is 9.84 Å². The van der Waals surface area contributed by atoms with E-state index in [9.17, 15) is 9.59 Å². The van der Waals surface area contributed by atoms with E-state index in [0.29, 0.717) is 12.8 Å². The molecule has 5 nitrogen and oxygen atoms in total. The molecule has 0 aliphatic carbocycles. The first-order valence-corrected chi connectivity index (χ1v) is 5.08. The zero-order valence-corrected chi connectivity index (χ0v) is 9.27. The van der Waals surface area contributed by atoms with Crippen LogP contribution in [0.15, 0.2) is 0 Å². The highest BCUT2D eigenvalue weighted by Gasteiger charge is 2.36. The lowest BCUT2D eigenvalue weighted by atomic mass is 10.1. The van der Waals surface area contributed by atoms with E-state index in [0.717, 1.165) is 0 Å². The predicted octanol–water partition coefficient (Wildman–Crippen LogP) is 0.485. The molecule has 0 saturated carbocycles. The second-order valence-electron chi connectivity index (χ2n) is 4.07. The molecule has 86 valence electrons. The zero-order valence-electron chi connectivity index (χ0n) is 9.27. The number of nitrogens with zero attached hydrogens (tertiary/aromatic N) is 1. The largest absolute Gasteiger partial charge is 0.479 e. The van der Waals surface area contributed by atoms with Gasteiger partial charge in [0.15, 0.2) is 6.10 Å². The van der Waals surface area contributed by atoms with Crippen LogP contribution in [0.3, 0.4) is 0 Å². The molecule has 5 heteroatoms. The topological polar surface area (TPSA) is 66.8 Å². The first kappa shape index (κ1) is 12.0. The number of likely N-dealkylation sites (N-methyl/N-ethyl adjacent to an activating group) is 1. The van der Waals surface area contributed by atoms with E-state index < -0.39 is 18.2 Å². The first-order chi connectivity index (χ1) is 6.93. The van der Waals surface area contributed by atoms with Gasteiger partial charge < -0.3 is 14.7 Å². The highest BCUT2D eigenvalue weighted by Crippen LogP contribution is 2.21. The lowest BCUT2D eigenvalue weighted by Crippen LogP contribution is -2.40. The second-order valence-corrected chi connectivity index (χ2v) is 4.07. The minimum Gasteiger partial charge on any atom is -0.479 e. The Balaban J connectivity index is 2.54. The summed E-state index contributed by atoms with van der Waals surface area (Å²) in [4.78, 5) is 24.0. The molecule has 0 bridgehead atoms. The summed E-state index contributed by atoms with van der Waals surface area (Å²) in [5.74, 6) is -1.12. The summed E-state index contributed by atoms with van der Waals surface area (Å²) < 4.78 is 5.17. The van der Waals surface area contributed by atoms with Crippen molar-refractivity contribution < 1.29 is 19.4 Å². The number of carboxylic acids is 1. The van der Waals surface area contributed by atoms with Crippen LogP contribution in [0, 0.1) is 0 Å². The van der Waals surface area contributed by atoms with Crippen LogP contribution in [0.1, 0.15) is 26.7 Å². The summed E-state index contributed by atoms with van der Waals surface area (Å²) >= 11 is 0. The Morgan fingerprint density at radius 3 is 2.27 bits per heavy atom. The maximum absolute atomic E-state index is 11.8. The number of rotatable bonds is 3. The molecular weight excluding hydrogens is 198 g/mol. The van der Waals surface area contributed by atoms with Crippen molar-refractivity contribution >= 4 is 11.9 Å². The van der Waals surface area contributed by atoms with Crippen molar-refractivity contribution in [3.63, 3.8) is 0 Å². The van der Waals surface area contributed by atoms with Crippen LogP contribution in [0.4, 0.5) is 0 Å². The molecule has 2 atom stereocenters. The molecule has 2 unspecified atom stereocenters. The fourth-order valence-electron chi connectivity index (χ4n) is 1.48. The van der Waals surface area contributed by atoms with Crippen molar-refractivity contribution in [3.05, 3.63) is 0 Å². The van der Waals surface area contributed by atoms with Gasteiger partial charge in [-0.3, -0.25) is 4.79 Å². The Labute approximate surface area is 89.0 Å². The summed E-state index contributed by atoms with van der Waals surface area (Å²) in [6.45, 7) is 3.81. The summed E-state index contributed by atoms with van der Waals surface area (Å²) in [6.07, 6.45) is -0.497. The van der Waals surface area contributed by atoms with Crippen molar-refractivity contribution in [1.29, 1.82) is 0 Å². The molecule has 1 amide bonds. The predicted molar refractivity (Wildman–Crippen MR) is 53.4 cm³/mol. The molecule has 15 heavy (non-hydrogen) atoms. The van der Waals surface area contributed by atoms with E-state index in [-0.39, 0.29) is 11.9 Å². The van der Waals surface area contributed by atoms with Gasteiger partial charge in [0.2, 0.25) is 0 Å². The van der Waals surface area contributed by atoms with E-state index in [1.807, 2.05) is 13.8 Å². The number of hydrogen-bond acceptors (Lipinski definition) is 3. The van der Waals surface area contributed by atoms with E-state index in [2.05, 4.69) is 0 Å². The van der Waals surface area contributed by atoms with Crippen molar-refractivity contribution in [2.75, 3.05) is 7.05 Å². The Morgan fingerprint density at radius 2 is 1.87 bits per heavy atom. The quantitative estimate of drug-likeness (QED) is 0.743. The third-order valence-corrected chi connectivity index (χ3v) is 2.69. The minimum atomic E-state index is -0.988. The Bertz CT molecular complexity index is 264. The summed E-state index contributed by atoms with van der Waals surface area (Å²) in [5.41, 5.74) is 0. The molecule has 1 heterocycles. The van der Waals surface area contributed by atoms with Crippen molar-refractivity contribution in [2.45, 2.75) is 44.9 Å². The molecular formula is C10H17NO4. The standard InChI is InChI=1S/C10H17NO4/c1-6(2)11(3)9(12)7-4-5-8(15-7)10(13)14/h6-8H,4-5H2,1-3H3,(H,13,14). The van der Waals surface area contributed by atoms with Gasteiger partial charge in [0, 0.05) is 13.1 Å². The lowest BCUT2D eigenvalue weighted by molar-refractivity contribution is -0.154. The third-order valence-electron chi connectivity index (χ3n) is 2.69. The summed E-state index contributed by atoms with van der Waals surface area (Å²) in [5, 5.41) is 8.71. The molecule has 0 aromatic carbocycles. The van der Waals surface area contributed by atoms with Crippen LogP contribution >= 0.6 is 0 Å². The van der Waals surface area contributed by atoms with Crippen LogP contribution in [0.25, 0.3) is 0 Å². The number of carboxylic acid groups (broad SMARTS) is 1. The summed E-state index contributed by atoms with van der Waals surface area (Å²) in [6, 6.07) is 0.102. The van der Waals surface area contributed by atoms with E-state index >= 15 is 0 Å². The van der Waals surface area contributed by atoms with Gasteiger partial charge in [-0.05, 0) is 26.7 Å². The maximum Gasteiger partial charge on any atom is 0.332 e. The van der Waals surface area contributed by atoms with Gasteiger partial charge >= 0.3 is 5.97 Å². The van der Waals surface area contributed by atoms with Crippen molar-refractivity contribution in [3.8, 4) is 0 Å². The molecule has 0 aromatic heterocycles. The van der Waals surface area contributed by atoms with E-state index in [1.165, 1.54) is 0 Å². The minimum absolute atomic E-state index is 0.102. The fraction of sp³-hybridized carbons (Fsp3) is 0.800. The van der Waals surface area contributed by atoms with Gasteiger partial charge in [-0.25, -0.2) is 4.79 Å². The maximum atomic E-state index is 11.8. The third kappa shape index (κ3) is 2.68. The Morgan fingerprint density at radius 1 is 1.33 bits per heavy atom. The molecule has 1 N–H and O–H groups in total. The normalized spacial score (nSPS) is 25.6. The van der Waals surface area contributed by atoms with Gasteiger partial charge in [-0.2, -0.15) is 0 Å². The number of hydrogen-bond donors (Lipinski definition) is 1. The molecule has 1 aliphatic rings. The smallest absolute Gasteiger partial charge is 0.332 e. The van der Waals surface area contributed by atoms with Crippen LogP contribution < -0.4 is 0 Å².